The third-order valence-electron chi connectivity index (χ3n) is 6.43. The highest BCUT2D eigenvalue weighted by molar-refractivity contribution is 5.30. The molecule has 4 atom stereocenters. The Bertz CT molecular complexity index is 388. The summed E-state index contributed by atoms with van der Waals surface area (Å²) in [5.74, 6) is 5.82. The van der Waals surface area contributed by atoms with E-state index in [0.29, 0.717) is 5.92 Å². The molecule has 0 amide bonds. The molecule has 3 aliphatic rings. The van der Waals surface area contributed by atoms with Crippen molar-refractivity contribution in [1.29, 1.82) is 0 Å². The molecule has 0 aliphatic heterocycles. The van der Waals surface area contributed by atoms with Crippen LogP contribution in [0.2, 0.25) is 0 Å². The van der Waals surface area contributed by atoms with Crippen LogP contribution in [-0.2, 0) is 0 Å². The van der Waals surface area contributed by atoms with Crippen molar-refractivity contribution in [3.05, 3.63) is 24.3 Å². The topological polar surface area (TPSA) is 0 Å². The zero-order valence-electron chi connectivity index (χ0n) is 13.7. The molecule has 20 heavy (non-hydrogen) atoms. The van der Waals surface area contributed by atoms with Gasteiger partial charge in [0.25, 0.3) is 0 Å². The Labute approximate surface area is 125 Å². The lowest BCUT2D eigenvalue weighted by molar-refractivity contribution is 0.109. The fourth-order valence-electron chi connectivity index (χ4n) is 5.50. The lowest BCUT2D eigenvalue weighted by Gasteiger charge is -2.42. The molecule has 3 saturated carbocycles. The number of rotatable bonds is 3. The van der Waals surface area contributed by atoms with E-state index in [4.69, 9.17) is 0 Å². The first-order chi connectivity index (χ1) is 9.47. The molecule has 0 aromatic heterocycles. The fourth-order valence-corrected chi connectivity index (χ4v) is 5.50. The smallest absolute Gasteiger partial charge is 0.00380 e. The normalized spacial score (nSPS) is 46.0. The second-order valence-corrected chi connectivity index (χ2v) is 8.40. The Morgan fingerprint density at radius 3 is 2.15 bits per heavy atom. The Morgan fingerprint density at radius 1 is 1.00 bits per heavy atom. The van der Waals surface area contributed by atoms with Gasteiger partial charge in [-0.25, -0.2) is 0 Å². The third kappa shape index (κ3) is 2.63. The van der Waals surface area contributed by atoms with Crippen molar-refractivity contribution in [3.63, 3.8) is 0 Å². The van der Waals surface area contributed by atoms with Crippen molar-refractivity contribution in [1.82, 2.24) is 0 Å². The fraction of sp³-hybridized carbons (Fsp3) is 0.800. The summed E-state index contributed by atoms with van der Waals surface area (Å²) >= 11 is 0. The molecular formula is C20H32. The number of allylic oxidation sites excluding steroid dienone is 2. The zero-order chi connectivity index (χ0) is 14.4. The van der Waals surface area contributed by atoms with Crippen molar-refractivity contribution in [2.24, 2.45) is 41.4 Å². The Balaban J connectivity index is 1.74. The monoisotopic (exact) mass is 272 g/mol. The molecule has 0 bridgehead atoms. The quantitative estimate of drug-likeness (QED) is 0.565. The van der Waals surface area contributed by atoms with Crippen molar-refractivity contribution in [2.45, 2.75) is 59.3 Å². The van der Waals surface area contributed by atoms with E-state index in [2.05, 4.69) is 33.9 Å². The molecule has 112 valence electrons. The maximum atomic E-state index is 4.55. The molecule has 0 spiro atoms. The van der Waals surface area contributed by atoms with Crippen LogP contribution in [0.25, 0.3) is 0 Å². The van der Waals surface area contributed by atoms with Gasteiger partial charge in [-0.3, -0.25) is 0 Å². The summed E-state index contributed by atoms with van der Waals surface area (Å²) in [4.78, 5) is 0. The van der Waals surface area contributed by atoms with Gasteiger partial charge >= 0.3 is 0 Å². The molecule has 3 fully saturated rings. The minimum atomic E-state index is 0.635. The van der Waals surface area contributed by atoms with E-state index in [1.807, 2.05) is 0 Å². The average molecular weight is 272 g/mol. The van der Waals surface area contributed by atoms with Crippen LogP contribution >= 0.6 is 0 Å². The molecule has 4 unspecified atom stereocenters. The van der Waals surface area contributed by atoms with Gasteiger partial charge in [0.2, 0.25) is 0 Å². The van der Waals surface area contributed by atoms with Crippen LogP contribution < -0.4 is 0 Å². The molecule has 0 heterocycles. The highest BCUT2D eigenvalue weighted by atomic mass is 14.5. The van der Waals surface area contributed by atoms with Crippen LogP contribution in [0.5, 0.6) is 0 Å². The van der Waals surface area contributed by atoms with Gasteiger partial charge in [-0.15, -0.1) is 0 Å². The van der Waals surface area contributed by atoms with Gasteiger partial charge in [-0.05, 0) is 61.2 Å². The van der Waals surface area contributed by atoms with Crippen LogP contribution in [-0.4, -0.2) is 0 Å². The third-order valence-corrected chi connectivity index (χ3v) is 6.43. The second-order valence-electron chi connectivity index (χ2n) is 8.40. The van der Waals surface area contributed by atoms with Crippen molar-refractivity contribution in [3.8, 4) is 0 Å². The summed E-state index contributed by atoms with van der Waals surface area (Å²) in [6.07, 6.45) is 8.38. The standard InChI is InChI=1S/C20H32/c1-12-8-13(2)19(14(3)9-12)20-15(4)10-18(16(20)5)11-17-6-7-17/h12-14,17-20H,4-11H2,1-3H3. The van der Waals surface area contributed by atoms with Gasteiger partial charge in [0.1, 0.15) is 0 Å². The van der Waals surface area contributed by atoms with Crippen molar-refractivity contribution >= 4 is 0 Å². The first kappa shape index (κ1) is 14.4. The van der Waals surface area contributed by atoms with Crippen molar-refractivity contribution in [2.75, 3.05) is 0 Å². The average Bonchev–Trinajstić information content (AvgIpc) is 3.11. The molecule has 0 radical (unpaired) electrons. The van der Waals surface area contributed by atoms with E-state index in [0.717, 1.165) is 35.5 Å². The maximum Gasteiger partial charge on any atom is 0.00380 e. The molecule has 3 rings (SSSR count). The molecule has 0 saturated heterocycles. The second kappa shape index (κ2) is 5.35. The maximum absolute atomic E-state index is 4.55. The summed E-state index contributed by atoms with van der Waals surface area (Å²) in [7, 11) is 0. The summed E-state index contributed by atoms with van der Waals surface area (Å²) in [6, 6.07) is 0. The Kier molecular flexibility index (Phi) is 3.86. The highest BCUT2D eigenvalue weighted by Crippen LogP contribution is 2.54. The largest absolute Gasteiger partial charge is 0.0992 e. The van der Waals surface area contributed by atoms with E-state index < -0.39 is 0 Å². The van der Waals surface area contributed by atoms with Gasteiger partial charge < -0.3 is 0 Å². The lowest BCUT2D eigenvalue weighted by atomic mass is 9.63. The number of hydrogen-bond acceptors (Lipinski definition) is 0. The predicted molar refractivity (Wildman–Crippen MR) is 87.4 cm³/mol. The molecule has 3 aliphatic carbocycles. The number of hydrogen-bond donors (Lipinski definition) is 0. The first-order valence-electron chi connectivity index (χ1n) is 8.83. The van der Waals surface area contributed by atoms with Crippen LogP contribution in [0.4, 0.5) is 0 Å². The zero-order valence-corrected chi connectivity index (χ0v) is 13.7. The van der Waals surface area contributed by atoms with Gasteiger partial charge in [0.15, 0.2) is 0 Å². The lowest BCUT2D eigenvalue weighted by Crippen LogP contribution is -2.34. The molecule has 0 nitrogen and oxygen atoms in total. The molecule has 0 N–H and O–H groups in total. The van der Waals surface area contributed by atoms with E-state index in [-0.39, 0.29) is 0 Å². The summed E-state index contributed by atoms with van der Waals surface area (Å²) in [5.41, 5.74) is 3.07. The van der Waals surface area contributed by atoms with Gasteiger partial charge in [0.05, 0.1) is 0 Å². The minimum Gasteiger partial charge on any atom is -0.0992 e. The SMILES string of the molecule is C=C1CC(CC2CC2)C(=C)C1C1C(C)CC(C)CC1C. The van der Waals surface area contributed by atoms with E-state index in [1.165, 1.54) is 44.1 Å². The van der Waals surface area contributed by atoms with Crippen molar-refractivity contribution < 1.29 is 0 Å². The predicted octanol–water partition coefficient (Wildman–Crippen LogP) is 5.85. The van der Waals surface area contributed by atoms with Gasteiger partial charge in [-0.2, -0.15) is 0 Å². The Morgan fingerprint density at radius 2 is 1.60 bits per heavy atom. The molecular weight excluding hydrogens is 240 g/mol. The summed E-state index contributed by atoms with van der Waals surface area (Å²) in [5, 5.41) is 0. The minimum absolute atomic E-state index is 0.635. The molecule has 0 aromatic carbocycles. The van der Waals surface area contributed by atoms with E-state index in [9.17, 15) is 0 Å². The van der Waals surface area contributed by atoms with Crippen LogP contribution in [0, 0.1) is 41.4 Å². The van der Waals surface area contributed by atoms with Crippen LogP contribution in [0.15, 0.2) is 24.3 Å². The Hall–Kier alpha value is -0.520. The van der Waals surface area contributed by atoms with E-state index >= 15 is 0 Å². The van der Waals surface area contributed by atoms with Crippen LogP contribution in [0.3, 0.4) is 0 Å². The van der Waals surface area contributed by atoms with Gasteiger partial charge in [0, 0.05) is 5.92 Å². The van der Waals surface area contributed by atoms with Gasteiger partial charge in [-0.1, -0.05) is 57.9 Å². The summed E-state index contributed by atoms with van der Waals surface area (Å²) < 4.78 is 0. The van der Waals surface area contributed by atoms with E-state index in [1.54, 1.807) is 5.57 Å². The van der Waals surface area contributed by atoms with Crippen LogP contribution in [0.1, 0.15) is 59.3 Å². The summed E-state index contributed by atoms with van der Waals surface area (Å²) in [6.45, 7) is 16.4. The molecule has 0 aromatic rings. The first-order valence-corrected chi connectivity index (χ1v) is 8.83. The molecule has 0 heteroatoms. The highest BCUT2D eigenvalue weighted by Gasteiger charge is 2.44.